The monoisotopic (exact) mass is 529 g/mol. The van der Waals surface area contributed by atoms with Gasteiger partial charge in [-0.1, -0.05) is 35.9 Å². The quantitative estimate of drug-likeness (QED) is 0.284. The first-order valence-electron chi connectivity index (χ1n) is 11.3. The van der Waals surface area contributed by atoms with Crippen molar-refractivity contribution in [3.63, 3.8) is 0 Å². The average molecular weight is 530 g/mol. The summed E-state index contributed by atoms with van der Waals surface area (Å²) in [6.45, 7) is 5.91. The first kappa shape index (κ1) is 27.0. The number of sulfonamides is 1. The zero-order valence-corrected chi connectivity index (χ0v) is 21.8. The number of nitrogens with zero attached hydrogens (tertiary/aromatic N) is 2. The van der Waals surface area contributed by atoms with Gasteiger partial charge in [0.05, 0.1) is 30.0 Å². The number of carbonyl (C=O) groups is 1. The van der Waals surface area contributed by atoms with Crippen LogP contribution in [0.5, 0.6) is 11.5 Å². The Hall–Kier alpha value is -3.56. The highest BCUT2D eigenvalue weighted by Gasteiger charge is 2.28. The summed E-state index contributed by atoms with van der Waals surface area (Å²) in [5, 5.41) is 4.38. The number of carbonyl (C=O) groups excluding carboxylic acids is 1. The molecule has 0 heterocycles. The Kier molecular flexibility index (Phi) is 9.32. The van der Waals surface area contributed by atoms with Crippen molar-refractivity contribution >= 4 is 39.4 Å². The van der Waals surface area contributed by atoms with Crippen LogP contribution in [-0.4, -0.2) is 40.3 Å². The van der Waals surface area contributed by atoms with Gasteiger partial charge in [0.1, 0.15) is 6.54 Å². The first-order valence-corrected chi connectivity index (χ1v) is 13.1. The number of hydrazone groups is 1. The predicted molar refractivity (Wildman–Crippen MR) is 142 cm³/mol. The van der Waals surface area contributed by atoms with Gasteiger partial charge in [0.2, 0.25) is 0 Å². The van der Waals surface area contributed by atoms with Crippen molar-refractivity contribution in [2.45, 2.75) is 25.7 Å². The molecule has 3 aromatic rings. The highest BCUT2D eigenvalue weighted by molar-refractivity contribution is 7.92. The maximum atomic E-state index is 13.4. The van der Waals surface area contributed by atoms with E-state index in [1.807, 2.05) is 13.8 Å². The molecule has 0 aliphatic heterocycles. The second kappa shape index (κ2) is 12.4. The fourth-order valence-corrected chi connectivity index (χ4v) is 5.05. The molecular formula is C26H28ClN3O5S. The molecule has 0 unspecified atom stereocenters. The normalized spacial score (nSPS) is 11.3. The van der Waals surface area contributed by atoms with Gasteiger partial charge in [0, 0.05) is 5.02 Å². The smallest absolute Gasteiger partial charge is 0.264 e. The second-order valence-electron chi connectivity index (χ2n) is 7.57. The fourth-order valence-electron chi connectivity index (χ4n) is 3.38. The molecule has 0 aliphatic rings. The van der Waals surface area contributed by atoms with Crippen LogP contribution in [-0.2, 0) is 14.8 Å². The van der Waals surface area contributed by atoms with E-state index in [9.17, 15) is 13.2 Å². The molecule has 36 heavy (non-hydrogen) atoms. The molecule has 3 aromatic carbocycles. The Morgan fingerprint density at radius 2 is 1.69 bits per heavy atom. The number of ether oxygens (including phenoxy) is 2. The summed E-state index contributed by atoms with van der Waals surface area (Å²) in [6, 6.07) is 18.1. The van der Waals surface area contributed by atoms with Gasteiger partial charge in [0.25, 0.3) is 15.9 Å². The Morgan fingerprint density at radius 1 is 1.00 bits per heavy atom. The predicted octanol–water partition coefficient (Wildman–Crippen LogP) is 4.79. The molecule has 0 spiro atoms. The Balaban J connectivity index is 1.83. The minimum absolute atomic E-state index is 0.0542. The molecule has 0 aliphatic carbocycles. The maximum absolute atomic E-state index is 13.4. The Bertz CT molecular complexity index is 1330. The molecule has 0 radical (unpaired) electrons. The summed E-state index contributed by atoms with van der Waals surface area (Å²) in [6.07, 6.45) is 1.44. The lowest BCUT2D eigenvalue weighted by atomic mass is 10.2. The van der Waals surface area contributed by atoms with Gasteiger partial charge in [-0.2, -0.15) is 5.10 Å². The summed E-state index contributed by atoms with van der Waals surface area (Å²) in [7, 11) is -4.06. The molecule has 10 heteroatoms. The summed E-state index contributed by atoms with van der Waals surface area (Å²) < 4.78 is 39.1. The lowest BCUT2D eigenvalue weighted by Crippen LogP contribution is -2.40. The van der Waals surface area contributed by atoms with Crippen molar-refractivity contribution < 1.29 is 22.7 Å². The molecule has 1 N–H and O–H groups in total. The Labute approximate surface area is 216 Å². The molecule has 0 atom stereocenters. The topological polar surface area (TPSA) is 97.3 Å². The zero-order valence-electron chi connectivity index (χ0n) is 20.3. The van der Waals surface area contributed by atoms with Gasteiger partial charge in [-0.05, 0) is 74.4 Å². The van der Waals surface area contributed by atoms with Crippen molar-refractivity contribution in [3.05, 3.63) is 82.9 Å². The van der Waals surface area contributed by atoms with Gasteiger partial charge < -0.3 is 9.47 Å². The van der Waals surface area contributed by atoms with Crippen LogP contribution in [0, 0.1) is 6.92 Å². The van der Waals surface area contributed by atoms with E-state index in [1.165, 1.54) is 18.3 Å². The van der Waals surface area contributed by atoms with Crippen molar-refractivity contribution in [2.24, 2.45) is 5.10 Å². The maximum Gasteiger partial charge on any atom is 0.264 e. The lowest BCUT2D eigenvalue weighted by Gasteiger charge is -2.25. The number of rotatable bonds is 11. The summed E-state index contributed by atoms with van der Waals surface area (Å²) in [5.74, 6) is 0.548. The highest BCUT2D eigenvalue weighted by atomic mass is 35.5. The number of benzene rings is 3. The van der Waals surface area contributed by atoms with Crippen molar-refractivity contribution in [3.8, 4) is 11.5 Å². The first-order chi connectivity index (χ1) is 17.3. The van der Waals surface area contributed by atoms with E-state index >= 15 is 0 Å². The third-order valence-electron chi connectivity index (χ3n) is 5.10. The van der Waals surface area contributed by atoms with Crippen LogP contribution in [0.4, 0.5) is 5.69 Å². The van der Waals surface area contributed by atoms with Crippen molar-refractivity contribution in [1.82, 2.24) is 5.43 Å². The summed E-state index contributed by atoms with van der Waals surface area (Å²) >= 11 is 6.24. The largest absolute Gasteiger partial charge is 0.490 e. The van der Waals surface area contributed by atoms with Crippen molar-refractivity contribution in [1.29, 1.82) is 0 Å². The molecule has 0 saturated carbocycles. The van der Waals surface area contributed by atoms with E-state index < -0.39 is 22.5 Å². The number of nitrogens with one attached hydrogen (secondary N) is 1. The number of anilines is 1. The van der Waals surface area contributed by atoms with Gasteiger partial charge in [-0.15, -0.1) is 0 Å². The van der Waals surface area contributed by atoms with Gasteiger partial charge in [0.15, 0.2) is 11.5 Å². The molecular weight excluding hydrogens is 502 g/mol. The second-order valence-corrected chi connectivity index (χ2v) is 9.84. The third-order valence-corrected chi connectivity index (χ3v) is 7.28. The van der Waals surface area contributed by atoms with Crippen LogP contribution >= 0.6 is 11.6 Å². The van der Waals surface area contributed by atoms with Crippen LogP contribution < -0.4 is 19.2 Å². The molecule has 190 valence electrons. The van der Waals surface area contributed by atoms with E-state index in [0.29, 0.717) is 46.5 Å². The lowest BCUT2D eigenvalue weighted by molar-refractivity contribution is -0.119. The fraction of sp³-hybridized carbons (Fsp3) is 0.231. The number of hydrogen-bond donors (Lipinski definition) is 1. The summed E-state index contributed by atoms with van der Waals surface area (Å²) in [5.41, 5.74) is 3.91. The molecule has 0 saturated heterocycles. The average Bonchev–Trinajstić information content (AvgIpc) is 2.87. The number of halogens is 1. The minimum Gasteiger partial charge on any atom is -0.490 e. The van der Waals surface area contributed by atoms with E-state index in [4.69, 9.17) is 21.1 Å². The highest BCUT2D eigenvalue weighted by Crippen LogP contribution is 2.31. The van der Waals surface area contributed by atoms with E-state index in [1.54, 1.807) is 61.5 Å². The number of hydrogen-bond acceptors (Lipinski definition) is 6. The van der Waals surface area contributed by atoms with Gasteiger partial charge in [-0.25, -0.2) is 13.8 Å². The molecule has 1 amide bonds. The van der Waals surface area contributed by atoms with E-state index in [0.717, 1.165) is 4.31 Å². The van der Waals surface area contributed by atoms with Crippen LogP contribution in [0.15, 0.2) is 76.7 Å². The molecule has 0 fully saturated rings. The minimum atomic E-state index is -4.06. The molecule has 3 rings (SSSR count). The standard InChI is InChI=1S/C26H28ClN3O5S/c1-4-34-24-15-14-20(16-25(24)35-5-2)17-28-29-26(31)18-30(23-13-9-12-22(27)19(23)3)36(32,33)21-10-7-6-8-11-21/h6-17H,4-5,18H2,1-3H3,(H,29,31)/b28-17-. The third kappa shape index (κ3) is 6.56. The van der Waals surface area contributed by atoms with E-state index in [-0.39, 0.29) is 4.90 Å². The van der Waals surface area contributed by atoms with Crippen LogP contribution in [0.25, 0.3) is 0 Å². The summed E-state index contributed by atoms with van der Waals surface area (Å²) in [4.78, 5) is 12.8. The molecule has 0 aromatic heterocycles. The van der Waals surface area contributed by atoms with Crippen LogP contribution in [0.2, 0.25) is 5.02 Å². The molecule has 8 nitrogen and oxygen atoms in total. The zero-order chi connectivity index (χ0) is 26.1. The van der Waals surface area contributed by atoms with Gasteiger partial charge >= 0.3 is 0 Å². The van der Waals surface area contributed by atoms with Crippen LogP contribution in [0.3, 0.4) is 0 Å². The number of amides is 1. The van der Waals surface area contributed by atoms with Gasteiger partial charge in [-0.3, -0.25) is 9.10 Å². The van der Waals surface area contributed by atoms with E-state index in [2.05, 4.69) is 10.5 Å². The Morgan fingerprint density at radius 3 is 2.39 bits per heavy atom. The van der Waals surface area contributed by atoms with Crippen molar-refractivity contribution in [2.75, 3.05) is 24.1 Å². The molecule has 0 bridgehead atoms. The van der Waals surface area contributed by atoms with Crippen LogP contribution in [0.1, 0.15) is 25.0 Å². The SMILES string of the molecule is CCOc1ccc(/C=N\NC(=O)CN(c2cccc(Cl)c2C)S(=O)(=O)c2ccccc2)cc1OCC.